The van der Waals surface area contributed by atoms with Crippen molar-refractivity contribution >= 4 is 38.9 Å². The topological polar surface area (TPSA) is 115 Å². The van der Waals surface area contributed by atoms with Gasteiger partial charge in [-0.2, -0.15) is 8.42 Å². The highest BCUT2D eigenvalue weighted by Crippen LogP contribution is 2.26. The number of aliphatic hydroxyl groups is 2. The number of unbranched alkanes of at least 4 members (excludes halogenated alkanes) is 2. The summed E-state index contributed by atoms with van der Waals surface area (Å²) in [6, 6.07) is 9.57. The van der Waals surface area contributed by atoms with Crippen molar-refractivity contribution < 1.29 is 32.2 Å². The van der Waals surface area contributed by atoms with Gasteiger partial charge in [-0.05, 0) is 63.5 Å². The number of aromatic nitrogens is 1. The van der Waals surface area contributed by atoms with Crippen molar-refractivity contribution in [2.75, 3.05) is 18.0 Å². The summed E-state index contributed by atoms with van der Waals surface area (Å²) in [7, 11) is -4.43. The van der Waals surface area contributed by atoms with Gasteiger partial charge in [0.25, 0.3) is 0 Å². The van der Waals surface area contributed by atoms with Crippen LogP contribution in [0.3, 0.4) is 0 Å². The Balaban J connectivity index is 1.78. The zero-order valence-corrected chi connectivity index (χ0v) is 20.4. The van der Waals surface area contributed by atoms with Gasteiger partial charge >= 0.3 is 10.1 Å². The second-order valence-corrected chi connectivity index (χ2v) is 9.57. The fourth-order valence-corrected chi connectivity index (χ4v) is 4.60. The van der Waals surface area contributed by atoms with Gasteiger partial charge in [0.15, 0.2) is 23.6 Å². The van der Waals surface area contributed by atoms with E-state index in [1.165, 1.54) is 6.20 Å². The second kappa shape index (κ2) is 11.6. The first-order valence-corrected chi connectivity index (χ1v) is 13.0. The van der Waals surface area contributed by atoms with Crippen molar-refractivity contribution in [3.63, 3.8) is 0 Å². The number of rotatable bonds is 12. The molecule has 0 aliphatic carbocycles. The van der Waals surface area contributed by atoms with E-state index in [1.54, 1.807) is 29.0 Å². The average Bonchev–Trinajstić information content (AvgIpc) is 3.20. The van der Waals surface area contributed by atoms with Crippen LogP contribution in [0.15, 0.2) is 52.0 Å². The number of hydrogen-bond acceptors (Lipinski definition) is 6. The molecule has 0 aliphatic rings. The summed E-state index contributed by atoms with van der Waals surface area (Å²) in [6.45, 7) is 6.54. The molecule has 3 aromatic rings. The van der Waals surface area contributed by atoms with Gasteiger partial charge in [-0.1, -0.05) is 0 Å². The van der Waals surface area contributed by atoms with E-state index in [9.17, 15) is 13.0 Å². The highest BCUT2D eigenvalue weighted by Gasteiger charge is 2.19. The molecule has 184 valence electrons. The van der Waals surface area contributed by atoms with Crippen molar-refractivity contribution in [2.24, 2.45) is 0 Å². The van der Waals surface area contributed by atoms with Gasteiger partial charge < -0.3 is 19.5 Å². The Morgan fingerprint density at radius 1 is 1.06 bits per heavy atom. The Bertz CT molecular complexity index is 1230. The number of furan rings is 1. The lowest BCUT2D eigenvalue weighted by Gasteiger charge is -2.20. The molecule has 8 nitrogen and oxygen atoms in total. The number of pyridine rings is 1. The largest absolute Gasteiger partial charge is 0.457 e. The molecule has 0 unspecified atom stereocenters. The molecule has 0 amide bonds. The molecule has 9 heteroatoms. The van der Waals surface area contributed by atoms with E-state index in [2.05, 4.69) is 24.8 Å². The molecular formula is C25H33N2O6S+. The number of anilines is 1. The summed E-state index contributed by atoms with van der Waals surface area (Å²) in [6.07, 6.45) is 7.64. The van der Waals surface area contributed by atoms with E-state index in [1.807, 2.05) is 18.2 Å². The molecule has 0 spiro atoms. The highest BCUT2D eigenvalue weighted by molar-refractivity contribution is 7.85. The molecule has 0 saturated carbocycles. The SMILES string of the molecule is CCN(CC)c1ccc2cc(/C=C/c3cc[n+](CCCCCC(O)O)cc3S(=O)(=O)O)oc2c1. The third kappa shape index (κ3) is 6.89. The maximum Gasteiger partial charge on any atom is 0.301 e. The normalized spacial score (nSPS) is 12.3. The summed E-state index contributed by atoms with van der Waals surface area (Å²) < 4.78 is 41.4. The maximum atomic E-state index is 12.0. The first-order chi connectivity index (χ1) is 16.2. The summed E-state index contributed by atoms with van der Waals surface area (Å²) in [4.78, 5) is 2.04. The summed E-state index contributed by atoms with van der Waals surface area (Å²) >= 11 is 0. The third-order valence-electron chi connectivity index (χ3n) is 5.75. The van der Waals surface area contributed by atoms with Gasteiger partial charge in [-0.25, -0.2) is 4.57 Å². The fraction of sp³-hybridized carbons (Fsp3) is 0.400. The minimum Gasteiger partial charge on any atom is -0.457 e. The predicted molar refractivity (Wildman–Crippen MR) is 132 cm³/mol. The summed E-state index contributed by atoms with van der Waals surface area (Å²) in [5.41, 5.74) is 2.18. The molecule has 2 aromatic heterocycles. The number of benzene rings is 1. The van der Waals surface area contributed by atoms with Crippen LogP contribution in [0, 0.1) is 0 Å². The molecule has 2 heterocycles. The molecule has 0 saturated heterocycles. The number of fused-ring (bicyclic) bond motifs is 1. The van der Waals surface area contributed by atoms with Crippen molar-refractivity contribution in [1.29, 1.82) is 0 Å². The van der Waals surface area contributed by atoms with Crippen molar-refractivity contribution in [1.82, 2.24) is 0 Å². The van der Waals surface area contributed by atoms with Gasteiger partial charge in [-0.3, -0.25) is 4.55 Å². The van der Waals surface area contributed by atoms with E-state index < -0.39 is 16.4 Å². The van der Waals surface area contributed by atoms with Gasteiger partial charge in [-0.15, -0.1) is 0 Å². The molecule has 3 N–H and O–H groups in total. The van der Waals surface area contributed by atoms with Crippen LogP contribution in [0.5, 0.6) is 0 Å². The van der Waals surface area contributed by atoms with Gasteiger partial charge in [0, 0.05) is 48.3 Å². The van der Waals surface area contributed by atoms with Crippen LogP contribution in [0.25, 0.3) is 23.1 Å². The van der Waals surface area contributed by atoms with Crippen LogP contribution in [-0.2, 0) is 16.7 Å². The highest BCUT2D eigenvalue weighted by atomic mass is 32.2. The maximum absolute atomic E-state index is 12.0. The Morgan fingerprint density at radius 2 is 1.82 bits per heavy atom. The third-order valence-corrected chi connectivity index (χ3v) is 6.65. The number of aliphatic hydroxyl groups excluding tert-OH is 1. The molecule has 0 bridgehead atoms. The van der Waals surface area contributed by atoms with Gasteiger partial charge in [0.2, 0.25) is 0 Å². The Labute approximate surface area is 200 Å². The van der Waals surface area contributed by atoms with Crippen LogP contribution < -0.4 is 9.47 Å². The fourth-order valence-electron chi connectivity index (χ4n) is 3.90. The van der Waals surface area contributed by atoms with Gasteiger partial charge in [0.05, 0.1) is 0 Å². The van der Waals surface area contributed by atoms with E-state index in [0.717, 1.165) is 42.6 Å². The lowest BCUT2D eigenvalue weighted by atomic mass is 10.2. The van der Waals surface area contributed by atoms with Crippen LogP contribution in [0.1, 0.15) is 50.9 Å². The lowest BCUT2D eigenvalue weighted by molar-refractivity contribution is -0.699. The molecule has 0 aliphatic heterocycles. The zero-order chi connectivity index (χ0) is 24.7. The summed E-state index contributed by atoms with van der Waals surface area (Å²) in [5.74, 6) is 0.579. The molecule has 0 radical (unpaired) electrons. The van der Waals surface area contributed by atoms with Gasteiger partial charge in [0.1, 0.15) is 17.9 Å². The smallest absolute Gasteiger partial charge is 0.301 e. The lowest BCUT2D eigenvalue weighted by Crippen LogP contribution is -2.34. The zero-order valence-electron chi connectivity index (χ0n) is 19.6. The van der Waals surface area contributed by atoms with Crippen LogP contribution in [0.4, 0.5) is 5.69 Å². The molecule has 1 aromatic carbocycles. The number of nitrogens with zero attached hydrogens (tertiary/aromatic N) is 2. The number of aryl methyl sites for hydroxylation is 1. The van der Waals surface area contributed by atoms with Crippen molar-refractivity contribution in [3.05, 3.63) is 54.0 Å². The Morgan fingerprint density at radius 3 is 2.50 bits per heavy atom. The van der Waals surface area contributed by atoms with E-state index in [4.69, 9.17) is 14.6 Å². The molecule has 3 rings (SSSR count). The average molecular weight is 490 g/mol. The minimum atomic E-state index is -4.43. The van der Waals surface area contributed by atoms with Crippen LogP contribution >= 0.6 is 0 Å². The molecule has 0 fully saturated rings. The Kier molecular flexibility index (Phi) is 8.84. The minimum absolute atomic E-state index is 0.183. The first kappa shape index (κ1) is 25.9. The molecule has 34 heavy (non-hydrogen) atoms. The summed E-state index contributed by atoms with van der Waals surface area (Å²) in [5, 5.41) is 18.7. The van der Waals surface area contributed by atoms with Crippen molar-refractivity contribution in [3.8, 4) is 0 Å². The van der Waals surface area contributed by atoms with Crippen LogP contribution in [-0.4, -0.2) is 42.6 Å². The number of hydrogen-bond donors (Lipinski definition) is 3. The first-order valence-electron chi connectivity index (χ1n) is 11.5. The monoisotopic (exact) mass is 489 g/mol. The van der Waals surface area contributed by atoms with E-state index >= 15 is 0 Å². The standard InChI is InChI=1S/C25H32N2O6S/c1-3-27(4-2)21-11-9-20-16-22(33-23(20)17-21)12-10-19-13-15-26(18-24(19)34(30,31)32)14-7-5-6-8-25(28)29/h9-13,15-18,25,28-29H,3-8,14H2,1-2H3/p+1. The van der Waals surface area contributed by atoms with Crippen LogP contribution in [0.2, 0.25) is 0 Å². The Hall–Kier alpha value is -2.72. The van der Waals surface area contributed by atoms with Crippen molar-refractivity contribution in [2.45, 2.75) is 57.3 Å². The van der Waals surface area contributed by atoms with E-state index in [0.29, 0.717) is 30.7 Å². The molecule has 0 atom stereocenters. The quantitative estimate of drug-likeness (QED) is 0.153. The van der Waals surface area contributed by atoms with E-state index in [-0.39, 0.29) is 4.90 Å². The molecular weight excluding hydrogens is 456 g/mol. The predicted octanol–water partition coefficient (Wildman–Crippen LogP) is 3.85. The second-order valence-electron chi connectivity index (χ2n) is 8.18.